The molecule has 73 heavy (non-hydrogen) atoms. The van der Waals surface area contributed by atoms with Crippen LogP contribution in [0.15, 0.2) is 223 Å². The molecule has 0 saturated heterocycles. The summed E-state index contributed by atoms with van der Waals surface area (Å²) in [7, 11) is 0. The summed E-state index contributed by atoms with van der Waals surface area (Å²) in [5.74, 6) is -1.94. The van der Waals surface area contributed by atoms with Crippen LogP contribution in [-0.2, 0) is 0 Å². The van der Waals surface area contributed by atoms with E-state index in [1.165, 1.54) is 34.8 Å². The number of rotatable bonds is 9. The van der Waals surface area contributed by atoms with E-state index >= 15 is 0 Å². The lowest BCUT2D eigenvalue weighted by Crippen LogP contribution is -2.09. The lowest BCUT2D eigenvalue weighted by atomic mass is 9.92. The summed E-state index contributed by atoms with van der Waals surface area (Å²) in [6.45, 7) is 0. The van der Waals surface area contributed by atoms with Gasteiger partial charge in [0.15, 0.2) is 23.1 Å². The fraction of sp³-hybridized carbons (Fsp3) is 0. The molecular formula is C64H37FN2O4S2. The highest BCUT2D eigenvalue weighted by atomic mass is 32.1. The normalized spacial score (nSPS) is 13.7. The van der Waals surface area contributed by atoms with Crippen molar-refractivity contribution in [3.63, 3.8) is 0 Å². The Kier molecular flexibility index (Phi) is 10.6. The van der Waals surface area contributed by atoms with Crippen LogP contribution in [0.25, 0.3) is 55.6 Å². The summed E-state index contributed by atoms with van der Waals surface area (Å²) in [5.41, 5.74) is 7.34. The highest BCUT2D eigenvalue weighted by Gasteiger charge is 2.34. The van der Waals surface area contributed by atoms with Crippen LogP contribution >= 0.6 is 22.7 Å². The minimum absolute atomic E-state index is 0.0242. The van der Waals surface area contributed by atoms with Crippen LogP contribution in [-0.4, -0.2) is 23.1 Å². The van der Waals surface area contributed by atoms with Gasteiger partial charge in [0, 0.05) is 54.5 Å². The molecule has 0 aliphatic heterocycles. The number of benzene rings is 9. The van der Waals surface area contributed by atoms with E-state index in [1.54, 1.807) is 36.4 Å². The lowest BCUT2D eigenvalue weighted by molar-refractivity contribution is 0.0975. The molecule has 2 aromatic heterocycles. The van der Waals surface area contributed by atoms with Crippen molar-refractivity contribution in [3.05, 3.63) is 261 Å². The molecule has 0 spiro atoms. The van der Waals surface area contributed by atoms with Gasteiger partial charge in [-0.25, -0.2) is 4.39 Å². The number of carbonyl (C=O) groups is 4. The van der Waals surface area contributed by atoms with E-state index in [0.717, 1.165) is 92.0 Å². The highest BCUT2D eigenvalue weighted by Crippen LogP contribution is 2.47. The molecule has 0 radical (unpaired) electrons. The van der Waals surface area contributed by atoms with Gasteiger partial charge in [-0.1, -0.05) is 127 Å². The van der Waals surface area contributed by atoms with Crippen molar-refractivity contribution in [1.82, 2.24) is 0 Å². The molecule has 2 aliphatic carbocycles. The number of thiophene rings is 2. The van der Waals surface area contributed by atoms with Gasteiger partial charge in [-0.2, -0.15) is 0 Å². The number of carbonyl (C=O) groups excluding carboxylic acids is 4. The van der Waals surface area contributed by atoms with Crippen LogP contribution in [0.2, 0.25) is 0 Å². The maximum Gasteiger partial charge on any atom is 0.197 e. The van der Waals surface area contributed by atoms with Crippen molar-refractivity contribution < 1.29 is 23.6 Å². The van der Waals surface area contributed by atoms with Gasteiger partial charge in [-0.15, -0.1) is 22.7 Å². The predicted octanol–water partition coefficient (Wildman–Crippen LogP) is 16.9. The van der Waals surface area contributed by atoms with Crippen molar-refractivity contribution in [3.8, 4) is 11.1 Å². The molecule has 0 atom stereocenters. The smallest absolute Gasteiger partial charge is 0.197 e. The van der Waals surface area contributed by atoms with E-state index in [4.69, 9.17) is 0 Å². The van der Waals surface area contributed by atoms with Gasteiger partial charge in [-0.3, -0.25) is 19.2 Å². The Morgan fingerprint density at radius 1 is 0.342 bits per heavy atom. The quantitative estimate of drug-likeness (QED) is 0.106. The predicted molar refractivity (Wildman–Crippen MR) is 296 cm³/mol. The Balaban J connectivity index is 0.886. The third-order valence-electron chi connectivity index (χ3n) is 13.7. The molecule has 11 aromatic rings. The van der Waals surface area contributed by atoms with Crippen molar-refractivity contribution in [1.29, 1.82) is 0 Å². The molecule has 9 aromatic carbocycles. The van der Waals surface area contributed by atoms with Crippen molar-refractivity contribution in [2.45, 2.75) is 0 Å². The maximum atomic E-state index is 14.1. The highest BCUT2D eigenvalue weighted by molar-refractivity contribution is 7.17. The Morgan fingerprint density at radius 2 is 0.863 bits per heavy atom. The number of fused-ring (bicyclic) bond motifs is 5. The lowest BCUT2D eigenvalue weighted by Gasteiger charge is -2.26. The fourth-order valence-corrected chi connectivity index (χ4v) is 12.2. The Labute approximate surface area is 426 Å². The molecule has 2 aliphatic rings. The summed E-state index contributed by atoms with van der Waals surface area (Å²) < 4.78 is 14.1. The van der Waals surface area contributed by atoms with E-state index in [1.807, 2.05) is 60.7 Å². The van der Waals surface area contributed by atoms with Gasteiger partial charge >= 0.3 is 0 Å². The first kappa shape index (κ1) is 43.8. The Hall–Kier alpha value is -9.15. The van der Waals surface area contributed by atoms with Crippen molar-refractivity contribution in [2.24, 2.45) is 0 Å². The van der Waals surface area contributed by atoms with Gasteiger partial charge in [-0.05, 0) is 135 Å². The van der Waals surface area contributed by atoms with Gasteiger partial charge in [0.05, 0.1) is 16.8 Å². The molecule has 0 bridgehead atoms. The molecule has 2 heterocycles. The van der Waals surface area contributed by atoms with Crippen molar-refractivity contribution >= 4 is 123 Å². The van der Waals surface area contributed by atoms with Gasteiger partial charge in [0.25, 0.3) is 0 Å². The number of halogens is 1. The minimum Gasteiger partial charge on any atom is -0.302 e. The van der Waals surface area contributed by atoms with E-state index in [2.05, 4.69) is 119 Å². The molecule has 0 saturated carbocycles. The van der Waals surface area contributed by atoms with Crippen molar-refractivity contribution in [2.75, 3.05) is 9.80 Å². The van der Waals surface area contributed by atoms with Crippen LogP contribution in [0.4, 0.5) is 37.1 Å². The number of Topliss-reactive ketones (excluding diaryl/α,β-unsaturated/α-hetero) is 4. The number of nitrogens with zero attached hydrogens (tertiary/aromatic N) is 2. The van der Waals surface area contributed by atoms with Crippen LogP contribution in [0.5, 0.6) is 0 Å². The van der Waals surface area contributed by atoms with E-state index < -0.39 is 17.4 Å². The second-order valence-electron chi connectivity index (χ2n) is 17.9. The largest absolute Gasteiger partial charge is 0.302 e. The number of allylic oxidation sites excluding steroid dienone is 2. The minimum atomic E-state index is -0.558. The summed E-state index contributed by atoms with van der Waals surface area (Å²) >= 11 is 2.98. The standard InChI is InChI=1S/C64H37FN2O4S2/c65-41-22-27-54-55(35-41)64(71)57(63(54)70)37-46-26-32-60(73-46)67(42-14-2-1-3-15-42)58-30-29-50(49-16-6-7-17-51(49)58)48-20-10-13-40-34-44(24-28-47(40)48)66(43-23-21-38-11-4-5-12-39(38)33-43)59-31-25-45(72-59)36-56-61(68)52-18-8-9-19-53(52)62(56)69/h1-37H/b57-37+. The molecular weight excluding hydrogens is 944 g/mol. The Bertz CT molecular complexity index is 4190. The first-order valence-corrected chi connectivity index (χ1v) is 25.3. The fourth-order valence-electron chi connectivity index (χ4n) is 10.2. The van der Waals surface area contributed by atoms with Crippen LogP contribution in [0.3, 0.4) is 0 Å². The van der Waals surface area contributed by atoms with Crippen LogP contribution in [0, 0.1) is 5.82 Å². The molecule has 0 unspecified atom stereocenters. The third kappa shape index (κ3) is 7.53. The zero-order valence-electron chi connectivity index (χ0n) is 38.6. The number of ketones is 4. The van der Waals surface area contributed by atoms with Crippen LogP contribution < -0.4 is 9.80 Å². The molecule has 6 nitrogen and oxygen atoms in total. The zero-order chi connectivity index (χ0) is 49.3. The number of para-hydroxylation sites is 1. The second-order valence-corrected chi connectivity index (χ2v) is 20.1. The summed E-state index contributed by atoms with van der Waals surface area (Å²) in [4.78, 5) is 59.4. The maximum absolute atomic E-state index is 14.1. The number of hydrogen-bond donors (Lipinski definition) is 0. The topological polar surface area (TPSA) is 74.8 Å². The van der Waals surface area contributed by atoms with Gasteiger partial charge in [0.2, 0.25) is 0 Å². The van der Waals surface area contributed by atoms with Crippen LogP contribution in [0.1, 0.15) is 51.2 Å². The SMILES string of the molecule is O=C1C(=Cc2ccc(N(c3ccc4ccccc4c3)c3ccc4c(-c5ccc(N(c6ccccc6)c6ccc(/C=C7\C(=O)c8ccc(F)cc8C7=O)s6)c6ccccc56)cccc4c3)s2)C(=O)c2ccccc21. The monoisotopic (exact) mass is 980 g/mol. The summed E-state index contributed by atoms with van der Waals surface area (Å²) in [6.07, 6.45) is 3.34. The molecule has 13 rings (SSSR count). The molecule has 346 valence electrons. The average Bonchev–Trinajstić information content (AvgIpc) is 4.20. The van der Waals surface area contributed by atoms with E-state index in [0.29, 0.717) is 11.1 Å². The Morgan fingerprint density at radius 3 is 1.58 bits per heavy atom. The first-order valence-electron chi connectivity index (χ1n) is 23.7. The molecule has 0 amide bonds. The van der Waals surface area contributed by atoms with Gasteiger partial charge in [0.1, 0.15) is 15.8 Å². The third-order valence-corrected chi connectivity index (χ3v) is 15.7. The second kappa shape index (κ2) is 17.6. The molecule has 0 N–H and O–H groups in total. The average molecular weight is 981 g/mol. The number of hydrogen-bond acceptors (Lipinski definition) is 8. The number of anilines is 6. The molecule has 9 heteroatoms. The summed E-state index contributed by atoms with van der Waals surface area (Å²) in [5, 5.41) is 8.26. The molecule has 0 fully saturated rings. The van der Waals surface area contributed by atoms with Gasteiger partial charge < -0.3 is 9.80 Å². The first-order chi connectivity index (χ1) is 35.8. The zero-order valence-corrected chi connectivity index (χ0v) is 40.2. The summed E-state index contributed by atoms with van der Waals surface area (Å²) in [6, 6.07) is 69.2. The van der Waals surface area contributed by atoms with E-state index in [-0.39, 0.29) is 33.8 Å². The van der Waals surface area contributed by atoms with E-state index in [9.17, 15) is 23.6 Å².